The lowest BCUT2D eigenvalue weighted by molar-refractivity contribution is -0.385. The van der Waals surface area contributed by atoms with Crippen LogP contribution in [0, 0.1) is 10.1 Å². The zero-order valence-electron chi connectivity index (χ0n) is 16.6. The molecule has 160 valence electrons. The van der Waals surface area contributed by atoms with Gasteiger partial charge in [0.1, 0.15) is 12.2 Å². The first-order valence-corrected chi connectivity index (χ1v) is 9.57. The normalized spacial score (nSPS) is 18.7. The minimum atomic E-state index is -0.644. The number of methoxy groups -OCH3 is 1. The van der Waals surface area contributed by atoms with Crippen LogP contribution in [0.15, 0.2) is 42.5 Å². The lowest BCUT2D eigenvalue weighted by atomic mass is 9.98. The van der Waals surface area contributed by atoms with Crippen molar-refractivity contribution in [1.29, 1.82) is 0 Å². The van der Waals surface area contributed by atoms with Crippen LogP contribution in [0.2, 0.25) is 0 Å². The molecule has 2 aromatic carbocycles. The Labute approximate surface area is 173 Å². The summed E-state index contributed by atoms with van der Waals surface area (Å²) in [7, 11) is 1.39. The lowest BCUT2D eigenvalue weighted by Crippen LogP contribution is -2.49. The number of amides is 1. The molecule has 2 atom stereocenters. The number of benzene rings is 2. The summed E-state index contributed by atoms with van der Waals surface area (Å²) in [6.07, 6.45) is -0.0684. The van der Waals surface area contributed by atoms with E-state index in [9.17, 15) is 25.1 Å². The predicted octanol–water partition coefficient (Wildman–Crippen LogP) is 2.14. The number of nitrogens with zero attached hydrogens (tertiary/aromatic N) is 2. The summed E-state index contributed by atoms with van der Waals surface area (Å²) in [5, 5.41) is 31.1. The van der Waals surface area contributed by atoms with Crippen molar-refractivity contribution in [1.82, 2.24) is 4.90 Å². The van der Waals surface area contributed by atoms with Crippen LogP contribution in [-0.4, -0.2) is 58.4 Å². The van der Waals surface area contributed by atoms with Crippen LogP contribution >= 0.6 is 0 Å². The molecule has 1 aliphatic heterocycles. The molecule has 1 heterocycles. The van der Waals surface area contributed by atoms with Gasteiger partial charge in [0.25, 0.3) is 11.6 Å². The Balaban J connectivity index is 1.92. The molecule has 0 saturated carbocycles. The van der Waals surface area contributed by atoms with E-state index >= 15 is 0 Å². The second-order valence-corrected chi connectivity index (χ2v) is 7.06. The van der Waals surface area contributed by atoms with E-state index in [1.165, 1.54) is 24.1 Å². The van der Waals surface area contributed by atoms with Crippen molar-refractivity contribution in [3.63, 3.8) is 0 Å². The van der Waals surface area contributed by atoms with E-state index in [1.807, 2.05) is 30.3 Å². The van der Waals surface area contributed by atoms with Crippen molar-refractivity contribution >= 4 is 11.6 Å². The third kappa shape index (κ3) is 4.69. The van der Waals surface area contributed by atoms with Gasteiger partial charge in [-0.25, -0.2) is 0 Å². The molecule has 0 spiro atoms. The fourth-order valence-electron chi connectivity index (χ4n) is 3.50. The average Bonchev–Trinajstić information content (AvgIpc) is 2.77. The van der Waals surface area contributed by atoms with E-state index in [-0.39, 0.29) is 43.2 Å². The SMILES string of the molecule is COc1cc(C(=O)N2CC[C@H](O)C[C@H]2CO)c([N+](=O)[O-])cc1OCc1ccccc1. The van der Waals surface area contributed by atoms with Crippen LogP contribution in [0.5, 0.6) is 11.5 Å². The highest BCUT2D eigenvalue weighted by molar-refractivity contribution is 5.99. The minimum Gasteiger partial charge on any atom is -0.493 e. The van der Waals surface area contributed by atoms with Crippen LogP contribution in [0.1, 0.15) is 28.8 Å². The molecule has 1 fully saturated rings. The number of ether oxygens (including phenoxy) is 2. The Morgan fingerprint density at radius 2 is 2.00 bits per heavy atom. The fraction of sp³-hybridized carbons (Fsp3) is 0.381. The van der Waals surface area contributed by atoms with Gasteiger partial charge in [-0.2, -0.15) is 0 Å². The van der Waals surface area contributed by atoms with Crippen LogP contribution in [0.25, 0.3) is 0 Å². The molecule has 1 aliphatic rings. The average molecular weight is 416 g/mol. The smallest absolute Gasteiger partial charge is 0.286 e. The molecular formula is C21H24N2O7. The van der Waals surface area contributed by atoms with Gasteiger partial charge in [0.2, 0.25) is 0 Å². The van der Waals surface area contributed by atoms with Gasteiger partial charge in [0, 0.05) is 12.6 Å². The van der Waals surface area contributed by atoms with Crippen molar-refractivity contribution in [2.75, 3.05) is 20.3 Å². The Bertz CT molecular complexity index is 904. The number of hydrogen-bond donors (Lipinski definition) is 2. The summed E-state index contributed by atoms with van der Waals surface area (Å²) < 4.78 is 11.0. The molecule has 1 saturated heterocycles. The number of hydrogen-bond acceptors (Lipinski definition) is 7. The number of likely N-dealkylation sites (tertiary alicyclic amines) is 1. The van der Waals surface area contributed by atoms with Crippen LogP contribution in [-0.2, 0) is 6.61 Å². The number of nitro groups is 1. The van der Waals surface area contributed by atoms with Crippen molar-refractivity contribution in [2.24, 2.45) is 0 Å². The van der Waals surface area contributed by atoms with E-state index in [1.54, 1.807) is 0 Å². The molecule has 0 radical (unpaired) electrons. The summed E-state index contributed by atoms with van der Waals surface area (Å²) in [4.78, 5) is 25.5. The van der Waals surface area contributed by atoms with E-state index in [2.05, 4.69) is 0 Å². The zero-order valence-corrected chi connectivity index (χ0v) is 16.6. The monoisotopic (exact) mass is 416 g/mol. The third-order valence-corrected chi connectivity index (χ3v) is 5.11. The highest BCUT2D eigenvalue weighted by Gasteiger charge is 2.35. The molecule has 0 unspecified atom stereocenters. The largest absolute Gasteiger partial charge is 0.493 e. The van der Waals surface area contributed by atoms with Gasteiger partial charge in [-0.15, -0.1) is 0 Å². The second-order valence-electron chi connectivity index (χ2n) is 7.06. The van der Waals surface area contributed by atoms with Crippen LogP contribution in [0.4, 0.5) is 5.69 Å². The summed E-state index contributed by atoms with van der Waals surface area (Å²) in [6.45, 7) is 0.0290. The molecule has 9 heteroatoms. The van der Waals surface area contributed by atoms with Gasteiger partial charge in [-0.1, -0.05) is 30.3 Å². The standard InChI is InChI=1S/C21H24N2O7/c1-29-19-10-17(21(26)22-8-7-16(25)9-15(22)12-24)18(23(27)28)11-20(19)30-13-14-5-3-2-4-6-14/h2-6,10-11,15-16,24-25H,7-9,12-13H2,1H3/t15-,16-/m0/s1. The number of aliphatic hydroxyl groups is 2. The van der Waals surface area contributed by atoms with Gasteiger partial charge in [-0.05, 0) is 18.4 Å². The second kappa shape index (κ2) is 9.55. The van der Waals surface area contributed by atoms with E-state index in [0.717, 1.165) is 5.56 Å². The highest BCUT2D eigenvalue weighted by Crippen LogP contribution is 2.36. The minimum absolute atomic E-state index is 0.150. The van der Waals surface area contributed by atoms with E-state index in [0.29, 0.717) is 6.42 Å². The van der Waals surface area contributed by atoms with Crippen molar-refractivity contribution in [3.8, 4) is 11.5 Å². The first-order chi connectivity index (χ1) is 14.4. The summed E-state index contributed by atoms with van der Waals surface area (Å²) in [5.74, 6) is -0.254. The van der Waals surface area contributed by atoms with Crippen molar-refractivity contribution in [3.05, 3.63) is 63.7 Å². The highest BCUT2D eigenvalue weighted by atomic mass is 16.6. The predicted molar refractivity (Wildman–Crippen MR) is 108 cm³/mol. The Morgan fingerprint density at radius 3 is 2.63 bits per heavy atom. The van der Waals surface area contributed by atoms with Gasteiger partial charge >= 0.3 is 0 Å². The fourth-order valence-corrected chi connectivity index (χ4v) is 3.50. The molecule has 9 nitrogen and oxygen atoms in total. The van der Waals surface area contributed by atoms with Crippen molar-refractivity contribution in [2.45, 2.75) is 31.6 Å². The molecule has 2 aromatic rings. The molecule has 2 N–H and O–H groups in total. The first-order valence-electron chi connectivity index (χ1n) is 9.57. The molecule has 1 amide bonds. The number of piperidine rings is 1. The Kier molecular flexibility index (Phi) is 6.86. The molecule has 0 aliphatic carbocycles. The zero-order chi connectivity index (χ0) is 21.7. The first kappa shape index (κ1) is 21.5. The maximum Gasteiger partial charge on any atom is 0.286 e. The summed E-state index contributed by atoms with van der Waals surface area (Å²) in [5.41, 5.74) is 0.311. The number of carbonyl (C=O) groups excluding carboxylic acids is 1. The summed E-state index contributed by atoms with van der Waals surface area (Å²) in [6, 6.07) is 11.2. The molecule has 3 rings (SSSR count). The molecule has 0 bridgehead atoms. The quantitative estimate of drug-likeness (QED) is 0.524. The molecule has 30 heavy (non-hydrogen) atoms. The van der Waals surface area contributed by atoms with Gasteiger partial charge in [0.05, 0.1) is 36.9 Å². The van der Waals surface area contributed by atoms with Gasteiger partial charge in [0.15, 0.2) is 11.5 Å². The number of nitro benzene ring substituents is 1. The number of aliphatic hydroxyl groups excluding tert-OH is 2. The number of carbonyl (C=O) groups is 1. The summed E-state index contributed by atoms with van der Waals surface area (Å²) >= 11 is 0. The van der Waals surface area contributed by atoms with Crippen LogP contribution < -0.4 is 9.47 Å². The maximum atomic E-state index is 13.1. The maximum absolute atomic E-state index is 13.1. The topological polar surface area (TPSA) is 122 Å². The van der Waals surface area contributed by atoms with Crippen molar-refractivity contribution < 1.29 is 29.4 Å². The molecule has 0 aromatic heterocycles. The third-order valence-electron chi connectivity index (χ3n) is 5.11. The van der Waals surface area contributed by atoms with Gasteiger partial charge in [-0.3, -0.25) is 14.9 Å². The van der Waals surface area contributed by atoms with Gasteiger partial charge < -0.3 is 24.6 Å². The molecular weight excluding hydrogens is 392 g/mol. The van der Waals surface area contributed by atoms with E-state index < -0.39 is 28.7 Å². The number of rotatable bonds is 7. The van der Waals surface area contributed by atoms with Crippen LogP contribution in [0.3, 0.4) is 0 Å². The Hall–Kier alpha value is -3.17. The Morgan fingerprint density at radius 1 is 1.27 bits per heavy atom. The van der Waals surface area contributed by atoms with E-state index in [4.69, 9.17) is 9.47 Å². The lowest BCUT2D eigenvalue weighted by Gasteiger charge is -2.36.